The Labute approximate surface area is 181 Å². The standard InChI is InChI=1S/C25H25N3O3/c1-17-7-9-19(10-8-17)28-23(29)12-11-21(25(30)27-18-13-15-26-16-14-18)24(28)20-5-3-4-6-22(20)31-2/h3-10,13-16,21,24H,11-12H2,1-2H3,(H,26,27,30)/t21-,24+/m0/s1. The maximum absolute atomic E-state index is 13.4. The van der Waals surface area contributed by atoms with Gasteiger partial charge in [-0.05, 0) is 43.7 Å². The predicted molar refractivity (Wildman–Crippen MR) is 120 cm³/mol. The van der Waals surface area contributed by atoms with E-state index in [0.29, 0.717) is 24.3 Å². The Morgan fingerprint density at radius 3 is 2.48 bits per heavy atom. The molecule has 3 aromatic rings. The normalized spacial score (nSPS) is 18.5. The first-order valence-electron chi connectivity index (χ1n) is 10.3. The number of nitrogens with zero attached hydrogens (tertiary/aromatic N) is 2. The van der Waals surface area contributed by atoms with Crippen LogP contribution >= 0.6 is 0 Å². The van der Waals surface area contributed by atoms with E-state index in [9.17, 15) is 9.59 Å². The van der Waals surface area contributed by atoms with Gasteiger partial charge in [0.25, 0.3) is 0 Å². The highest BCUT2D eigenvalue weighted by Crippen LogP contribution is 2.43. The van der Waals surface area contributed by atoms with Crippen molar-refractivity contribution in [3.8, 4) is 5.75 Å². The first kappa shape index (κ1) is 20.6. The maximum atomic E-state index is 13.4. The number of hydrogen-bond acceptors (Lipinski definition) is 4. The van der Waals surface area contributed by atoms with E-state index >= 15 is 0 Å². The van der Waals surface area contributed by atoms with Crippen molar-refractivity contribution >= 4 is 23.2 Å². The molecule has 1 aliphatic rings. The minimum atomic E-state index is -0.484. The van der Waals surface area contributed by atoms with Gasteiger partial charge in [-0.15, -0.1) is 0 Å². The molecular weight excluding hydrogens is 390 g/mol. The number of para-hydroxylation sites is 1. The molecule has 2 heterocycles. The Morgan fingerprint density at radius 1 is 1.06 bits per heavy atom. The highest BCUT2D eigenvalue weighted by Gasteiger charge is 2.42. The Kier molecular flexibility index (Phi) is 5.98. The van der Waals surface area contributed by atoms with Crippen molar-refractivity contribution in [1.29, 1.82) is 0 Å². The zero-order valence-electron chi connectivity index (χ0n) is 17.6. The smallest absolute Gasteiger partial charge is 0.229 e. The lowest BCUT2D eigenvalue weighted by Crippen LogP contribution is -2.47. The molecule has 0 saturated carbocycles. The van der Waals surface area contributed by atoms with Gasteiger partial charge in [0, 0.05) is 35.8 Å². The number of aryl methyl sites for hydroxylation is 1. The number of ether oxygens (including phenoxy) is 1. The lowest BCUT2D eigenvalue weighted by molar-refractivity contribution is -0.125. The summed E-state index contributed by atoms with van der Waals surface area (Å²) in [5.41, 5.74) is 3.37. The lowest BCUT2D eigenvalue weighted by Gasteiger charge is -2.41. The van der Waals surface area contributed by atoms with Gasteiger partial charge in [-0.3, -0.25) is 14.6 Å². The maximum Gasteiger partial charge on any atom is 0.229 e. The average Bonchev–Trinajstić information content (AvgIpc) is 2.80. The van der Waals surface area contributed by atoms with E-state index in [2.05, 4.69) is 10.3 Å². The van der Waals surface area contributed by atoms with Gasteiger partial charge < -0.3 is 15.0 Å². The minimum Gasteiger partial charge on any atom is -0.496 e. The summed E-state index contributed by atoms with van der Waals surface area (Å²) < 4.78 is 5.61. The molecule has 6 heteroatoms. The number of piperidine rings is 1. The van der Waals surface area contributed by atoms with E-state index in [-0.39, 0.29) is 11.8 Å². The summed E-state index contributed by atoms with van der Waals surface area (Å²) >= 11 is 0. The van der Waals surface area contributed by atoms with Crippen LogP contribution in [0.15, 0.2) is 73.1 Å². The van der Waals surface area contributed by atoms with Crippen LogP contribution in [0.1, 0.15) is 30.0 Å². The summed E-state index contributed by atoms with van der Waals surface area (Å²) in [5.74, 6) is 0.0731. The second-order valence-corrected chi connectivity index (χ2v) is 7.66. The van der Waals surface area contributed by atoms with Crippen LogP contribution in [0.2, 0.25) is 0 Å². The number of amides is 2. The van der Waals surface area contributed by atoms with Crippen LogP contribution in [-0.2, 0) is 9.59 Å². The van der Waals surface area contributed by atoms with Gasteiger partial charge in [0.05, 0.1) is 19.1 Å². The van der Waals surface area contributed by atoms with Crippen molar-refractivity contribution in [3.63, 3.8) is 0 Å². The first-order chi connectivity index (χ1) is 15.1. The van der Waals surface area contributed by atoms with Crippen molar-refractivity contribution in [2.24, 2.45) is 5.92 Å². The lowest BCUT2D eigenvalue weighted by atomic mass is 9.82. The van der Waals surface area contributed by atoms with Crippen molar-refractivity contribution < 1.29 is 14.3 Å². The fourth-order valence-electron chi connectivity index (χ4n) is 4.11. The quantitative estimate of drug-likeness (QED) is 0.665. The molecule has 0 aliphatic carbocycles. The number of methoxy groups -OCH3 is 1. The second kappa shape index (κ2) is 9.00. The molecule has 2 amide bonds. The van der Waals surface area contributed by atoms with E-state index < -0.39 is 12.0 Å². The summed E-state index contributed by atoms with van der Waals surface area (Å²) in [6, 6.07) is 18.4. The SMILES string of the molecule is COc1ccccc1[C@@H]1[C@@H](C(=O)Nc2ccncc2)CCC(=O)N1c1ccc(C)cc1. The van der Waals surface area contributed by atoms with Crippen molar-refractivity contribution in [3.05, 3.63) is 84.2 Å². The van der Waals surface area contributed by atoms with Gasteiger partial charge in [-0.2, -0.15) is 0 Å². The number of aromatic nitrogens is 1. The van der Waals surface area contributed by atoms with E-state index in [1.54, 1.807) is 36.5 Å². The van der Waals surface area contributed by atoms with E-state index in [0.717, 1.165) is 16.8 Å². The molecule has 1 aromatic heterocycles. The van der Waals surface area contributed by atoms with E-state index in [1.807, 2.05) is 55.5 Å². The molecule has 0 bridgehead atoms. The van der Waals surface area contributed by atoms with Gasteiger partial charge in [-0.1, -0.05) is 35.9 Å². The van der Waals surface area contributed by atoms with Crippen molar-refractivity contribution in [2.75, 3.05) is 17.3 Å². The number of anilines is 2. The van der Waals surface area contributed by atoms with Crippen LogP contribution in [0.5, 0.6) is 5.75 Å². The fourth-order valence-corrected chi connectivity index (χ4v) is 4.11. The topological polar surface area (TPSA) is 71.5 Å². The molecule has 1 saturated heterocycles. The number of hydrogen-bond donors (Lipinski definition) is 1. The van der Waals surface area contributed by atoms with Gasteiger partial charge in [-0.25, -0.2) is 0 Å². The average molecular weight is 415 g/mol. The molecule has 2 aromatic carbocycles. The molecule has 4 rings (SSSR count). The molecule has 2 atom stereocenters. The highest BCUT2D eigenvalue weighted by atomic mass is 16.5. The number of rotatable bonds is 5. The molecular formula is C25H25N3O3. The zero-order valence-corrected chi connectivity index (χ0v) is 17.6. The number of benzene rings is 2. The van der Waals surface area contributed by atoms with Gasteiger partial charge >= 0.3 is 0 Å². The Morgan fingerprint density at radius 2 is 1.77 bits per heavy atom. The largest absolute Gasteiger partial charge is 0.496 e. The molecule has 1 aliphatic heterocycles. The third-order valence-corrected chi connectivity index (χ3v) is 5.65. The summed E-state index contributed by atoms with van der Waals surface area (Å²) in [5, 5.41) is 2.99. The second-order valence-electron chi connectivity index (χ2n) is 7.66. The van der Waals surface area contributed by atoms with Gasteiger partial charge in [0.15, 0.2) is 0 Å². The number of carbonyl (C=O) groups is 2. The molecule has 1 N–H and O–H groups in total. The third-order valence-electron chi connectivity index (χ3n) is 5.65. The highest BCUT2D eigenvalue weighted by molar-refractivity contribution is 6.00. The third kappa shape index (κ3) is 4.28. The molecule has 0 spiro atoms. The van der Waals surface area contributed by atoms with Crippen molar-refractivity contribution in [2.45, 2.75) is 25.8 Å². The van der Waals surface area contributed by atoms with Crippen LogP contribution in [0.25, 0.3) is 0 Å². The monoisotopic (exact) mass is 415 g/mol. The van der Waals surface area contributed by atoms with Crippen LogP contribution in [0.4, 0.5) is 11.4 Å². The Balaban J connectivity index is 1.78. The van der Waals surface area contributed by atoms with E-state index in [4.69, 9.17) is 4.74 Å². The number of pyridine rings is 1. The molecule has 31 heavy (non-hydrogen) atoms. The van der Waals surface area contributed by atoms with E-state index in [1.165, 1.54) is 0 Å². The number of carbonyl (C=O) groups excluding carboxylic acids is 2. The summed E-state index contributed by atoms with van der Waals surface area (Å²) in [6.07, 6.45) is 4.03. The summed E-state index contributed by atoms with van der Waals surface area (Å²) in [4.78, 5) is 32.3. The zero-order chi connectivity index (χ0) is 21.8. The molecule has 1 fully saturated rings. The van der Waals surface area contributed by atoms with Crippen LogP contribution in [-0.4, -0.2) is 23.9 Å². The molecule has 6 nitrogen and oxygen atoms in total. The molecule has 0 radical (unpaired) electrons. The van der Waals surface area contributed by atoms with Gasteiger partial charge in [0.2, 0.25) is 11.8 Å². The summed E-state index contributed by atoms with van der Waals surface area (Å²) in [7, 11) is 1.60. The molecule has 158 valence electrons. The van der Waals surface area contributed by atoms with Crippen LogP contribution in [0.3, 0.4) is 0 Å². The number of nitrogens with one attached hydrogen (secondary N) is 1. The fraction of sp³-hybridized carbons (Fsp3) is 0.240. The van der Waals surface area contributed by atoms with Crippen LogP contribution < -0.4 is 15.0 Å². The van der Waals surface area contributed by atoms with Crippen LogP contribution in [0, 0.1) is 12.8 Å². The Hall–Kier alpha value is -3.67. The Bertz CT molecular complexity index is 1070. The van der Waals surface area contributed by atoms with Crippen molar-refractivity contribution in [1.82, 2.24) is 4.98 Å². The molecule has 0 unspecified atom stereocenters. The first-order valence-corrected chi connectivity index (χ1v) is 10.3. The predicted octanol–water partition coefficient (Wildman–Crippen LogP) is 4.52. The van der Waals surface area contributed by atoms with Gasteiger partial charge in [0.1, 0.15) is 5.75 Å². The summed E-state index contributed by atoms with van der Waals surface area (Å²) in [6.45, 7) is 2.00. The minimum absolute atomic E-state index is 0.00674.